The molecule has 0 bridgehead atoms. The van der Waals surface area contributed by atoms with E-state index in [9.17, 15) is 22.8 Å². The van der Waals surface area contributed by atoms with Crippen LogP contribution in [-0.2, 0) is 9.53 Å². The maximum Gasteiger partial charge on any atom is 0.440 e. The zero-order valence-electron chi connectivity index (χ0n) is 9.19. The fraction of sp³-hybridized carbons (Fsp3) is 0.182. The van der Waals surface area contributed by atoms with Gasteiger partial charge in [0.05, 0.1) is 7.11 Å². The number of nitrogens with zero attached hydrogens (tertiary/aromatic N) is 1. The minimum Gasteiger partial charge on any atom is -0.464 e. The molecule has 0 fully saturated rings. The first kappa shape index (κ1) is 13.9. The molecule has 1 aromatic carbocycles. The van der Waals surface area contributed by atoms with Crippen LogP contribution >= 0.6 is 0 Å². The average molecular weight is 259 g/mol. The van der Waals surface area contributed by atoms with E-state index in [1.807, 2.05) is 0 Å². The van der Waals surface area contributed by atoms with Crippen LogP contribution in [0, 0.1) is 0 Å². The van der Waals surface area contributed by atoms with Gasteiger partial charge in [-0.25, -0.2) is 4.79 Å². The average Bonchev–Trinajstić information content (AvgIpc) is 2.34. The second-order valence-electron chi connectivity index (χ2n) is 3.12. The molecular formula is C11H8F3NO3. The Hall–Kier alpha value is -2.18. The molecule has 1 aromatic rings. The molecule has 1 amide bonds. The molecular weight excluding hydrogens is 251 g/mol. The fourth-order valence-corrected chi connectivity index (χ4v) is 1.07. The van der Waals surface area contributed by atoms with Gasteiger partial charge in [0.1, 0.15) is 0 Å². The number of esters is 1. The summed E-state index contributed by atoms with van der Waals surface area (Å²) in [7, 11) is 0.774. The van der Waals surface area contributed by atoms with Gasteiger partial charge < -0.3 is 4.74 Å². The fourth-order valence-electron chi connectivity index (χ4n) is 1.07. The highest BCUT2D eigenvalue weighted by molar-refractivity contribution is 6.40. The number of methoxy groups -OCH3 is 1. The minimum atomic E-state index is -5.04. The van der Waals surface area contributed by atoms with Crippen molar-refractivity contribution in [3.63, 3.8) is 0 Å². The molecule has 0 heterocycles. The lowest BCUT2D eigenvalue weighted by molar-refractivity contribution is -0.137. The number of amides is 1. The van der Waals surface area contributed by atoms with Crippen LogP contribution in [0.2, 0.25) is 0 Å². The third-order valence-corrected chi connectivity index (χ3v) is 1.88. The molecule has 0 aromatic heterocycles. The Labute approximate surface area is 100 Å². The Kier molecular flexibility index (Phi) is 4.19. The minimum absolute atomic E-state index is 0.0526. The number of aliphatic imine (C=N–C) groups is 1. The van der Waals surface area contributed by atoms with Gasteiger partial charge in [-0.05, 0) is 12.1 Å². The Morgan fingerprint density at radius 2 is 1.72 bits per heavy atom. The number of carbonyl (C=O) groups is 2. The SMILES string of the molecule is COC(=O)C(=NC(=O)c1ccccc1)C(F)(F)F. The van der Waals surface area contributed by atoms with E-state index in [4.69, 9.17) is 0 Å². The Bertz CT molecular complexity index is 480. The highest BCUT2D eigenvalue weighted by atomic mass is 19.4. The van der Waals surface area contributed by atoms with Gasteiger partial charge >= 0.3 is 12.1 Å². The van der Waals surface area contributed by atoms with Crippen molar-refractivity contribution in [1.29, 1.82) is 0 Å². The highest BCUT2D eigenvalue weighted by Gasteiger charge is 2.42. The van der Waals surface area contributed by atoms with Crippen molar-refractivity contribution >= 4 is 17.6 Å². The van der Waals surface area contributed by atoms with Crippen molar-refractivity contribution in [2.75, 3.05) is 7.11 Å². The van der Waals surface area contributed by atoms with Gasteiger partial charge in [0.25, 0.3) is 5.91 Å². The summed E-state index contributed by atoms with van der Waals surface area (Å²) >= 11 is 0. The van der Waals surface area contributed by atoms with E-state index in [0.717, 1.165) is 7.11 Å². The number of halogens is 3. The van der Waals surface area contributed by atoms with E-state index in [0.29, 0.717) is 0 Å². The molecule has 0 saturated carbocycles. The van der Waals surface area contributed by atoms with Crippen LogP contribution in [0.3, 0.4) is 0 Å². The van der Waals surface area contributed by atoms with Crippen molar-refractivity contribution in [3.8, 4) is 0 Å². The number of alkyl halides is 3. The highest BCUT2D eigenvalue weighted by Crippen LogP contribution is 2.19. The molecule has 0 N–H and O–H groups in total. The molecule has 1 rings (SSSR count). The van der Waals surface area contributed by atoms with Gasteiger partial charge in [-0.15, -0.1) is 0 Å². The summed E-state index contributed by atoms with van der Waals surface area (Å²) in [6.45, 7) is 0. The molecule has 0 atom stereocenters. The van der Waals surface area contributed by atoms with Crippen LogP contribution in [0.4, 0.5) is 13.2 Å². The Balaban J connectivity index is 3.11. The van der Waals surface area contributed by atoms with Gasteiger partial charge in [-0.2, -0.15) is 18.2 Å². The third kappa shape index (κ3) is 3.41. The standard InChI is InChI=1S/C11H8F3NO3/c1-18-10(17)8(11(12,13)14)15-9(16)7-5-3-2-4-6-7/h2-6H,1H3. The second-order valence-corrected chi connectivity index (χ2v) is 3.12. The Morgan fingerprint density at radius 3 is 2.17 bits per heavy atom. The molecule has 0 spiro atoms. The van der Waals surface area contributed by atoms with Crippen LogP contribution < -0.4 is 0 Å². The van der Waals surface area contributed by atoms with Gasteiger partial charge in [-0.1, -0.05) is 18.2 Å². The van der Waals surface area contributed by atoms with Crippen molar-refractivity contribution in [2.45, 2.75) is 6.18 Å². The normalized spacial score (nSPS) is 12.1. The van der Waals surface area contributed by atoms with Gasteiger partial charge in [0.2, 0.25) is 5.71 Å². The molecule has 0 radical (unpaired) electrons. The molecule has 0 unspecified atom stereocenters. The monoisotopic (exact) mass is 259 g/mol. The number of carbonyl (C=O) groups excluding carboxylic acids is 2. The number of rotatable bonds is 2. The molecule has 0 saturated heterocycles. The van der Waals surface area contributed by atoms with Gasteiger partial charge in [0.15, 0.2) is 0 Å². The van der Waals surface area contributed by atoms with E-state index in [1.54, 1.807) is 6.07 Å². The predicted molar refractivity (Wildman–Crippen MR) is 56.3 cm³/mol. The van der Waals surface area contributed by atoms with E-state index in [1.165, 1.54) is 24.3 Å². The summed E-state index contributed by atoms with van der Waals surface area (Å²) in [5.41, 5.74) is -1.93. The summed E-state index contributed by atoms with van der Waals surface area (Å²) in [5, 5.41) is 0. The third-order valence-electron chi connectivity index (χ3n) is 1.88. The summed E-state index contributed by atoms with van der Waals surface area (Å²) in [6.07, 6.45) is -5.04. The lowest BCUT2D eigenvalue weighted by Gasteiger charge is -2.07. The van der Waals surface area contributed by atoms with Crippen LogP contribution in [0.5, 0.6) is 0 Å². The van der Waals surface area contributed by atoms with E-state index >= 15 is 0 Å². The van der Waals surface area contributed by atoms with Crippen molar-refractivity contribution < 1.29 is 27.5 Å². The van der Waals surface area contributed by atoms with Crippen LogP contribution in [-0.4, -0.2) is 30.9 Å². The maximum atomic E-state index is 12.4. The molecule has 7 heteroatoms. The second kappa shape index (κ2) is 5.44. The van der Waals surface area contributed by atoms with Gasteiger partial charge in [0, 0.05) is 5.56 Å². The quantitative estimate of drug-likeness (QED) is 0.603. The first-order chi connectivity index (χ1) is 8.36. The first-order valence-electron chi connectivity index (χ1n) is 4.70. The molecule has 96 valence electrons. The first-order valence-corrected chi connectivity index (χ1v) is 4.70. The lowest BCUT2D eigenvalue weighted by Crippen LogP contribution is -2.33. The van der Waals surface area contributed by atoms with Crippen LogP contribution in [0.15, 0.2) is 35.3 Å². The van der Waals surface area contributed by atoms with E-state index in [-0.39, 0.29) is 5.56 Å². The van der Waals surface area contributed by atoms with Gasteiger partial charge in [-0.3, -0.25) is 4.79 Å². The molecule has 0 aliphatic carbocycles. The number of hydrogen-bond acceptors (Lipinski definition) is 3. The zero-order valence-corrected chi connectivity index (χ0v) is 9.19. The Morgan fingerprint density at radius 1 is 1.17 bits per heavy atom. The summed E-state index contributed by atoms with van der Waals surface area (Å²) in [6, 6.07) is 7.10. The number of ether oxygens (including phenoxy) is 1. The summed E-state index contributed by atoms with van der Waals surface area (Å²) in [4.78, 5) is 25.1. The maximum absolute atomic E-state index is 12.4. The summed E-state index contributed by atoms with van der Waals surface area (Å²) < 4.78 is 41.3. The van der Waals surface area contributed by atoms with Crippen molar-refractivity contribution in [3.05, 3.63) is 35.9 Å². The molecule has 0 aliphatic heterocycles. The number of hydrogen-bond donors (Lipinski definition) is 0. The predicted octanol–water partition coefficient (Wildman–Crippen LogP) is 2.00. The zero-order chi connectivity index (χ0) is 13.8. The molecule has 18 heavy (non-hydrogen) atoms. The van der Waals surface area contributed by atoms with E-state index in [2.05, 4.69) is 9.73 Å². The summed E-state index contributed by atoms with van der Waals surface area (Å²) in [5.74, 6) is -2.86. The molecule has 4 nitrogen and oxygen atoms in total. The van der Waals surface area contributed by atoms with Crippen molar-refractivity contribution in [1.82, 2.24) is 0 Å². The van der Waals surface area contributed by atoms with Crippen molar-refractivity contribution in [2.24, 2.45) is 4.99 Å². The largest absolute Gasteiger partial charge is 0.464 e. The van der Waals surface area contributed by atoms with Crippen LogP contribution in [0.25, 0.3) is 0 Å². The van der Waals surface area contributed by atoms with Crippen LogP contribution in [0.1, 0.15) is 10.4 Å². The lowest BCUT2D eigenvalue weighted by atomic mass is 10.2. The van der Waals surface area contributed by atoms with E-state index < -0.39 is 23.8 Å². The smallest absolute Gasteiger partial charge is 0.440 e. The number of benzene rings is 1. The topological polar surface area (TPSA) is 55.7 Å². The molecule has 0 aliphatic rings.